The third-order valence-electron chi connectivity index (χ3n) is 7.15. The van der Waals surface area contributed by atoms with Crippen molar-refractivity contribution in [3.63, 3.8) is 0 Å². The lowest BCUT2D eigenvalue weighted by atomic mass is 9.93. The molecular weight excluding hydrogens is 507 g/mol. The van der Waals surface area contributed by atoms with E-state index in [0.717, 1.165) is 34.7 Å². The summed E-state index contributed by atoms with van der Waals surface area (Å²) in [6.45, 7) is 4.43. The number of anilines is 1. The van der Waals surface area contributed by atoms with E-state index in [4.69, 9.17) is 0 Å². The molecule has 1 saturated heterocycles. The van der Waals surface area contributed by atoms with Crippen LogP contribution in [0.3, 0.4) is 0 Å². The number of nitrogens with one attached hydrogen (secondary N) is 1. The standard InChI is InChI=1S/C28H31FN4O2S2/c1-19-17-31(13-14-33(19)28(35)30-22-6-8-23(36-2)9-7-22)26(34)18-32-12-10-25-24(11-15-37-25)27(32)20-4-3-5-21(29)16-20/h3-9,11,15-16,19,27H,10,12-14,17-18H2,1-2H3,(H,30,35). The van der Waals surface area contributed by atoms with Gasteiger partial charge in [-0.3, -0.25) is 9.69 Å². The molecule has 5 rings (SSSR count). The van der Waals surface area contributed by atoms with Gasteiger partial charge in [-0.15, -0.1) is 23.1 Å². The molecule has 0 saturated carbocycles. The minimum Gasteiger partial charge on any atom is -0.338 e. The molecule has 194 valence electrons. The molecule has 0 bridgehead atoms. The fourth-order valence-corrected chi connectivity index (χ4v) is 6.55. The number of halogens is 1. The number of carbonyl (C=O) groups excluding carboxylic acids is 2. The van der Waals surface area contributed by atoms with Gasteiger partial charge in [0.1, 0.15) is 5.82 Å². The van der Waals surface area contributed by atoms with E-state index in [0.29, 0.717) is 19.6 Å². The molecule has 1 N–H and O–H groups in total. The van der Waals surface area contributed by atoms with Crippen LogP contribution < -0.4 is 5.32 Å². The van der Waals surface area contributed by atoms with Crippen molar-refractivity contribution in [1.29, 1.82) is 0 Å². The third kappa shape index (κ3) is 5.68. The van der Waals surface area contributed by atoms with E-state index in [9.17, 15) is 14.0 Å². The Labute approximate surface area is 225 Å². The van der Waals surface area contributed by atoms with Crippen LogP contribution in [-0.4, -0.2) is 71.7 Å². The normalized spacial score (nSPS) is 20.0. The van der Waals surface area contributed by atoms with Crippen LogP contribution in [0, 0.1) is 5.82 Å². The number of urea groups is 1. The summed E-state index contributed by atoms with van der Waals surface area (Å²) in [6.07, 6.45) is 2.90. The maximum atomic E-state index is 14.1. The highest BCUT2D eigenvalue weighted by atomic mass is 32.2. The van der Waals surface area contributed by atoms with Crippen molar-refractivity contribution in [2.24, 2.45) is 0 Å². The number of benzene rings is 2. The highest BCUT2D eigenvalue weighted by Gasteiger charge is 2.34. The lowest BCUT2D eigenvalue weighted by molar-refractivity contribution is -0.135. The number of hydrogen-bond acceptors (Lipinski definition) is 5. The van der Waals surface area contributed by atoms with Crippen molar-refractivity contribution in [3.05, 3.63) is 81.8 Å². The molecule has 2 aromatic carbocycles. The first-order valence-electron chi connectivity index (χ1n) is 12.5. The minimum absolute atomic E-state index is 0.0413. The largest absolute Gasteiger partial charge is 0.338 e. The van der Waals surface area contributed by atoms with Gasteiger partial charge in [0.05, 0.1) is 12.6 Å². The summed E-state index contributed by atoms with van der Waals surface area (Å²) in [6, 6.07) is 16.2. The average molecular weight is 539 g/mol. The Kier molecular flexibility index (Phi) is 7.83. The first-order chi connectivity index (χ1) is 17.9. The third-order valence-corrected chi connectivity index (χ3v) is 8.89. The molecular formula is C28H31FN4O2S2. The fourth-order valence-electron chi connectivity index (χ4n) is 5.23. The SMILES string of the molecule is CSc1ccc(NC(=O)N2CCN(C(=O)CN3CCc4sccc4C3c3cccc(F)c3)CC2C)cc1. The Balaban J connectivity index is 1.23. The smallest absolute Gasteiger partial charge is 0.322 e. The van der Waals surface area contributed by atoms with E-state index in [1.54, 1.807) is 40.1 Å². The van der Waals surface area contributed by atoms with Crippen LogP contribution in [-0.2, 0) is 11.2 Å². The second kappa shape index (κ2) is 11.2. The summed E-state index contributed by atoms with van der Waals surface area (Å²) in [4.78, 5) is 34.6. The lowest BCUT2D eigenvalue weighted by Gasteiger charge is -2.41. The zero-order valence-electron chi connectivity index (χ0n) is 21.0. The Morgan fingerprint density at radius 2 is 1.92 bits per heavy atom. The zero-order chi connectivity index (χ0) is 25.9. The first-order valence-corrected chi connectivity index (χ1v) is 14.6. The topological polar surface area (TPSA) is 55.9 Å². The minimum atomic E-state index is -0.269. The van der Waals surface area contributed by atoms with Gasteiger partial charge in [0.2, 0.25) is 5.91 Å². The van der Waals surface area contributed by atoms with E-state index in [1.165, 1.54) is 10.9 Å². The van der Waals surface area contributed by atoms with Crippen LogP contribution in [0.1, 0.15) is 29.0 Å². The van der Waals surface area contributed by atoms with E-state index in [1.807, 2.05) is 48.4 Å². The van der Waals surface area contributed by atoms with Gasteiger partial charge in [-0.25, -0.2) is 9.18 Å². The van der Waals surface area contributed by atoms with Crippen LogP contribution in [0.15, 0.2) is 64.9 Å². The van der Waals surface area contributed by atoms with Gasteiger partial charge in [-0.2, -0.15) is 0 Å². The van der Waals surface area contributed by atoms with Crippen molar-refractivity contribution in [2.75, 3.05) is 44.3 Å². The summed E-state index contributed by atoms with van der Waals surface area (Å²) in [5.41, 5.74) is 2.79. The monoisotopic (exact) mass is 538 g/mol. The maximum absolute atomic E-state index is 14.1. The fraction of sp³-hybridized carbons (Fsp3) is 0.357. The van der Waals surface area contributed by atoms with Crippen LogP contribution in [0.5, 0.6) is 0 Å². The molecule has 6 nitrogen and oxygen atoms in total. The van der Waals surface area contributed by atoms with Crippen molar-refractivity contribution in [1.82, 2.24) is 14.7 Å². The summed E-state index contributed by atoms with van der Waals surface area (Å²) in [5.74, 6) is -0.228. The summed E-state index contributed by atoms with van der Waals surface area (Å²) in [5, 5.41) is 5.05. The Bertz CT molecular complexity index is 1270. The Morgan fingerprint density at radius 1 is 1.11 bits per heavy atom. The summed E-state index contributed by atoms with van der Waals surface area (Å²) < 4.78 is 14.1. The molecule has 3 amide bonds. The molecule has 3 aromatic rings. The Morgan fingerprint density at radius 3 is 2.65 bits per heavy atom. The van der Waals surface area contributed by atoms with Gasteiger partial charge in [0, 0.05) is 47.7 Å². The van der Waals surface area contributed by atoms with Crippen molar-refractivity contribution in [3.8, 4) is 0 Å². The summed E-state index contributed by atoms with van der Waals surface area (Å²) >= 11 is 3.38. The molecule has 2 aliphatic rings. The molecule has 1 aromatic heterocycles. The Hall–Kier alpha value is -2.88. The second-order valence-electron chi connectivity index (χ2n) is 9.52. The number of hydrogen-bond donors (Lipinski definition) is 1. The van der Waals surface area contributed by atoms with Crippen LogP contribution in [0.4, 0.5) is 14.9 Å². The highest BCUT2D eigenvalue weighted by Crippen LogP contribution is 2.37. The number of rotatable bonds is 5. The predicted molar refractivity (Wildman–Crippen MR) is 148 cm³/mol. The molecule has 0 radical (unpaired) electrons. The molecule has 2 unspecified atom stereocenters. The molecule has 2 aliphatic heterocycles. The zero-order valence-corrected chi connectivity index (χ0v) is 22.7. The average Bonchev–Trinajstić information content (AvgIpc) is 3.37. The number of fused-ring (bicyclic) bond motifs is 1. The van der Waals surface area contributed by atoms with Gasteiger partial charge in [-0.05, 0) is 78.6 Å². The molecule has 2 atom stereocenters. The molecule has 37 heavy (non-hydrogen) atoms. The number of thiophene rings is 1. The number of thioether (sulfide) groups is 1. The highest BCUT2D eigenvalue weighted by molar-refractivity contribution is 7.98. The van der Waals surface area contributed by atoms with Crippen LogP contribution in [0.2, 0.25) is 0 Å². The molecule has 0 aliphatic carbocycles. The van der Waals surface area contributed by atoms with Crippen molar-refractivity contribution < 1.29 is 14.0 Å². The van der Waals surface area contributed by atoms with E-state index in [-0.39, 0.29) is 36.4 Å². The van der Waals surface area contributed by atoms with Gasteiger partial charge >= 0.3 is 6.03 Å². The maximum Gasteiger partial charge on any atom is 0.322 e. The number of piperazine rings is 1. The van der Waals surface area contributed by atoms with E-state index in [2.05, 4.69) is 21.7 Å². The first kappa shape index (κ1) is 25.8. The van der Waals surface area contributed by atoms with E-state index >= 15 is 0 Å². The number of amides is 3. The van der Waals surface area contributed by atoms with Crippen LogP contribution in [0.25, 0.3) is 0 Å². The molecule has 0 spiro atoms. The van der Waals surface area contributed by atoms with Gasteiger partial charge in [0.15, 0.2) is 0 Å². The quantitative estimate of drug-likeness (QED) is 0.447. The van der Waals surface area contributed by atoms with Gasteiger partial charge in [-0.1, -0.05) is 12.1 Å². The van der Waals surface area contributed by atoms with Crippen molar-refractivity contribution >= 4 is 40.7 Å². The summed E-state index contributed by atoms with van der Waals surface area (Å²) in [7, 11) is 0. The van der Waals surface area contributed by atoms with Gasteiger partial charge in [0.25, 0.3) is 0 Å². The van der Waals surface area contributed by atoms with Gasteiger partial charge < -0.3 is 15.1 Å². The molecule has 9 heteroatoms. The molecule has 3 heterocycles. The predicted octanol–water partition coefficient (Wildman–Crippen LogP) is 5.32. The molecule has 1 fully saturated rings. The second-order valence-corrected chi connectivity index (χ2v) is 11.4. The lowest BCUT2D eigenvalue weighted by Crippen LogP contribution is -2.58. The van der Waals surface area contributed by atoms with Crippen LogP contribution >= 0.6 is 23.1 Å². The van der Waals surface area contributed by atoms with Crippen molar-refractivity contribution in [2.45, 2.75) is 30.3 Å². The number of carbonyl (C=O) groups is 2. The van der Waals surface area contributed by atoms with E-state index < -0.39 is 0 Å². The number of nitrogens with zero attached hydrogens (tertiary/aromatic N) is 3.